The second-order valence-electron chi connectivity index (χ2n) is 5.14. The smallest absolute Gasteiger partial charge is 0.296 e. The van der Waals surface area contributed by atoms with E-state index in [9.17, 15) is 19.8 Å². The number of anilines is 1. The molecule has 1 aliphatic heterocycles. The van der Waals surface area contributed by atoms with Crippen LogP contribution >= 0.6 is 11.3 Å². The number of phenolic OH excluding ortho intramolecular Hbond substituents is 1. The number of aliphatic hydroxyl groups is 1. The van der Waals surface area contributed by atoms with Crippen LogP contribution in [0.3, 0.4) is 0 Å². The number of rotatable bonds is 4. The van der Waals surface area contributed by atoms with E-state index >= 15 is 0 Å². The molecule has 0 radical (unpaired) electrons. The van der Waals surface area contributed by atoms with Gasteiger partial charge >= 0.3 is 0 Å². The zero-order valence-electron chi connectivity index (χ0n) is 12.9. The van der Waals surface area contributed by atoms with Crippen molar-refractivity contribution in [3.05, 3.63) is 46.7 Å². The average Bonchev–Trinajstić information content (AvgIpc) is 3.15. The quantitative estimate of drug-likeness (QED) is 0.881. The lowest BCUT2D eigenvalue weighted by Crippen LogP contribution is -2.30. The molecule has 24 heavy (non-hydrogen) atoms. The van der Waals surface area contributed by atoms with Gasteiger partial charge in [0.15, 0.2) is 28.2 Å². The Morgan fingerprint density at radius 2 is 2.12 bits per heavy atom. The van der Waals surface area contributed by atoms with Crippen LogP contribution < -0.4 is 9.64 Å². The van der Waals surface area contributed by atoms with E-state index in [0.717, 1.165) is 0 Å². The highest BCUT2D eigenvalue weighted by Crippen LogP contribution is 2.43. The molecule has 1 aromatic heterocycles. The minimum atomic E-state index is -0.837. The lowest BCUT2D eigenvalue weighted by molar-refractivity contribution is -0.117. The van der Waals surface area contributed by atoms with E-state index in [1.807, 2.05) is 0 Å². The molecule has 0 spiro atoms. The number of methoxy groups -OCH3 is 1. The lowest BCUT2D eigenvalue weighted by Gasteiger charge is -2.24. The molecule has 8 heteroatoms. The van der Waals surface area contributed by atoms with E-state index in [-0.39, 0.29) is 17.1 Å². The normalized spacial score (nSPS) is 17.5. The van der Waals surface area contributed by atoms with Gasteiger partial charge in [0, 0.05) is 11.6 Å². The summed E-state index contributed by atoms with van der Waals surface area (Å²) in [5.41, 5.74) is 0.505. The number of carbonyl (C=O) groups is 2. The number of ketones is 1. The Bertz CT molecular complexity index is 844. The number of benzene rings is 1. The first-order chi connectivity index (χ1) is 11.5. The number of phenols is 1. The molecule has 0 fully saturated rings. The van der Waals surface area contributed by atoms with Crippen LogP contribution in [0.4, 0.5) is 5.13 Å². The summed E-state index contributed by atoms with van der Waals surface area (Å²) in [7, 11) is 1.40. The molecule has 0 bridgehead atoms. The summed E-state index contributed by atoms with van der Waals surface area (Å²) in [6.45, 7) is 1.29. The third-order valence-corrected chi connectivity index (χ3v) is 4.50. The summed E-state index contributed by atoms with van der Waals surface area (Å²) in [5, 5.41) is 22.0. The largest absolute Gasteiger partial charge is 0.504 e. The van der Waals surface area contributed by atoms with E-state index < -0.39 is 23.5 Å². The van der Waals surface area contributed by atoms with Crippen LogP contribution in [-0.2, 0) is 9.59 Å². The Morgan fingerprint density at radius 1 is 1.38 bits per heavy atom. The van der Waals surface area contributed by atoms with Crippen molar-refractivity contribution in [1.29, 1.82) is 0 Å². The highest BCUT2D eigenvalue weighted by Gasteiger charge is 2.44. The van der Waals surface area contributed by atoms with Gasteiger partial charge < -0.3 is 14.9 Å². The van der Waals surface area contributed by atoms with Gasteiger partial charge in [0.2, 0.25) is 0 Å². The molecule has 1 amide bonds. The summed E-state index contributed by atoms with van der Waals surface area (Å²) in [5.74, 6) is -1.56. The Morgan fingerprint density at radius 3 is 2.71 bits per heavy atom. The SMILES string of the molecule is COc1cc([C@H]2C(C(C)=O)=C(O)C(=O)N2c2nccs2)ccc1O. The molecular formula is C16H14N2O5S. The number of aliphatic hydroxyl groups excluding tert-OH is 1. The molecule has 124 valence electrons. The lowest BCUT2D eigenvalue weighted by atomic mass is 9.96. The topological polar surface area (TPSA) is 100.0 Å². The molecule has 1 aliphatic rings. The number of ether oxygens (including phenoxy) is 1. The van der Waals surface area contributed by atoms with Gasteiger partial charge in [-0.05, 0) is 24.6 Å². The molecule has 2 N–H and O–H groups in total. The number of aromatic nitrogens is 1. The molecule has 0 saturated carbocycles. The molecule has 0 aliphatic carbocycles. The molecule has 2 aromatic rings. The standard InChI is InChI=1S/C16H14N2O5S/c1-8(19)12-13(9-3-4-10(20)11(7-9)23-2)18(15(22)14(12)21)16-17-5-6-24-16/h3-7,13,20-21H,1-2H3/t13-/m0/s1. The minimum Gasteiger partial charge on any atom is -0.504 e. The van der Waals surface area contributed by atoms with Crippen molar-refractivity contribution < 1.29 is 24.5 Å². The van der Waals surface area contributed by atoms with Gasteiger partial charge in [0.05, 0.1) is 18.7 Å². The van der Waals surface area contributed by atoms with Crippen LogP contribution in [0.2, 0.25) is 0 Å². The maximum Gasteiger partial charge on any atom is 0.296 e. The second kappa shape index (κ2) is 5.97. The molecule has 1 atom stereocenters. The van der Waals surface area contributed by atoms with E-state index in [1.54, 1.807) is 11.4 Å². The van der Waals surface area contributed by atoms with Gasteiger partial charge in [-0.25, -0.2) is 4.98 Å². The van der Waals surface area contributed by atoms with Crippen molar-refractivity contribution in [2.24, 2.45) is 0 Å². The van der Waals surface area contributed by atoms with Crippen LogP contribution in [0.25, 0.3) is 0 Å². The van der Waals surface area contributed by atoms with Gasteiger partial charge in [-0.1, -0.05) is 6.07 Å². The van der Waals surface area contributed by atoms with Crippen molar-refractivity contribution in [3.8, 4) is 11.5 Å². The summed E-state index contributed by atoms with van der Waals surface area (Å²) in [6.07, 6.45) is 1.53. The van der Waals surface area contributed by atoms with Crippen molar-refractivity contribution in [2.75, 3.05) is 12.0 Å². The first-order valence-electron chi connectivity index (χ1n) is 6.99. The Kier molecular flexibility index (Phi) is 3.98. The van der Waals surface area contributed by atoms with Gasteiger partial charge in [0.25, 0.3) is 5.91 Å². The Labute approximate surface area is 141 Å². The van der Waals surface area contributed by atoms with E-state index in [4.69, 9.17) is 4.74 Å². The zero-order valence-corrected chi connectivity index (χ0v) is 13.7. The Balaban J connectivity index is 2.19. The van der Waals surface area contributed by atoms with E-state index in [2.05, 4.69) is 4.98 Å². The average molecular weight is 346 g/mol. The van der Waals surface area contributed by atoms with E-state index in [0.29, 0.717) is 10.7 Å². The molecule has 1 aromatic carbocycles. The number of hydrogen-bond acceptors (Lipinski definition) is 7. The van der Waals surface area contributed by atoms with E-state index in [1.165, 1.54) is 48.6 Å². The Hall–Kier alpha value is -2.87. The molecule has 0 saturated heterocycles. The van der Waals surface area contributed by atoms with Crippen molar-refractivity contribution >= 4 is 28.2 Å². The van der Waals surface area contributed by atoms with Crippen LogP contribution in [0.15, 0.2) is 41.1 Å². The maximum absolute atomic E-state index is 12.5. The molecule has 7 nitrogen and oxygen atoms in total. The van der Waals surface area contributed by atoms with Crippen LogP contribution in [0.1, 0.15) is 18.5 Å². The molecular weight excluding hydrogens is 332 g/mol. The minimum absolute atomic E-state index is 0.0112. The molecule has 2 heterocycles. The summed E-state index contributed by atoms with van der Waals surface area (Å²) < 4.78 is 5.09. The molecule has 0 unspecified atom stereocenters. The fourth-order valence-corrected chi connectivity index (χ4v) is 3.34. The third-order valence-electron chi connectivity index (χ3n) is 3.73. The zero-order chi connectivity index (χ0) is 17.4. The third kappa shape index (κ3) is 2.41. The molecule has 3 rings (SSSR count). The number of Topliss-reactive ketones (excluding diaryl/α,β-unsaturated/α-hetero) is 1. The highest BCUT2D eigenvalue weighted by molar-refractivity contribution is 7.13. The first-order valence-corrected chi connectivity index (χ1v) is 7.87. The predicted molar refractivity (Wildman–Crippen MR) is 87.3 cm³/mol. The van der Waals surface area contributed by atoms with Crippen LogP contribution in [0, 0.1) is 0 Å². The predicted octanol–water partition coefficient (Wildman–Crippen LogP) is 2.35. The number of carbonyl (C=O) groups excluding carboxylic acids is 2. The number of thiazole rings is 1. The van der Waals surface area contributed by atoms with Gasteiger partial charge in [0.1, 0.15) is 0 Å². The van der Waals surface area contributed by atoms with Crippen LogP contribution in [-0.4, -0.2) is 34.0 Å². The number of nitrogens with zero attached hydrogens (tertiary/aromatic N) is 2. The van der Waals surface area contributed by atoms with Crippen molar-refractivity contribution in [1.82, 2.24) is 4.98 Å². The monoisotopic (exact) mass is 346 g/mol. The summed E-state index contributed by atoms with van der Waals surface area (Å²) >= 11 is 1.22. The number of hydrogen-bond donors (Lipinski definition) is 2. The number of aromatic hydroxyl groups is 1. The summed E-state index contributed by atoms with van der Waals surface area (Å²) in [6, 6.07) is 3.66. The second-order valence-corrected chi connectivity index (χ2v) is 6.02. The van der Waals surface area contributed by atoms with Gasteiger partial charge in [-0.15, -0.1) is 11.3 Å². The van der Waals surface area contributed by atoms with Crippen molar-refractivity contribution in [3.63, 3.8) is 0 Å². The van der Waals surface area contributed by atoms with Crippen LogP contribution in [0.5, 0.6) is 11.5 Å². The summed E-state index contributed by atoms with van der Waals surface area (Å²) in [4.78, 5) is 29.9. The number of amides is 1. The van der Waals surface area contributed by atoms with Crippen molar-refractivity contribution in [2.45, 2.75) is 13.0 Å². The fourth-order valence-electron chi connectivity index (χ4n) is 2.68. The highest BCUT2D eigenvalue weighted by atomic mass is 32.1. The first kappa shape index (κ1) is 16.0. The van der Waals surface area contributed by atoms with Gasteiger partial charge in [-0.2, -0.15) is 0 Å². The van der Waals surface area contributed by atoms with Gasteiger partial charge in [-0.3, -0.25) is 14.5 Å². The fraction of sp³-hybridized carbons (Fsp3) is 0.188. The maximum atomic E-state index is 12.5.